The number of amides is 1. The number of rotatable bonds is 10. The van der Waals surface area contributed by atoms with Gasteiger partial charge in [0.25, 0.3) is 0 Å². The Kier molecular flexibility index (Phi) is 7.02. The van der Waals surface area contributed by atoms with Crippen LogP contribution in [0.2, 0.25) is 0 Å². The fourth-order valence-electron chi connectivity index (χ4n) is 2.96. The molecule has 0 aliphatic heterocycles. The molecular formula is C22H27FN4O3. The van der Waals surface area contributed by atoms with Gasteiger partial charge in [0.1, 0.15) is 23.1 Å². The number of aromatic nitrogens is 2. The number of imidazole rings is 1. The lowest BCUT2D eigenvalue weighted by atomic mass is 10.3. The first kappa shape index (κ1) is 21.7. The molecule has 160 valence electrons. The highest BCUT2D eigenvalue weighted by molar-refractivity contribution is 5.79. The summed E-state index contributed by atoms with van der Waals surface area (Å²) in [6.07, 6.45) is 0.119. The van der Waals surface area contributed by atoms with E-state index in [0.717, 1.165) is 16.9 Å². The van der Waals surface area contributed by atoms with E-state index in [4.69, 9.17) is 15.2 Å². The van der Waals surface area contributed by atoms with Crippen molar-refractivity contribution in [3.63, 3.8) is 0 Å². The number of nitrogens with zero attached hydrogens (tertiary/aromatic N) is 2. The molecular weight excluding hydrogens is 387 g/mol. The first-order valence-electron chi connectivity index (χ1n) is 9.90. The van der Waals surface area contributed by atoms with Gasteiger partial charge in [-0.1, -0.05) is 0 Å². The van der Waals surface area contributed by atoms with Crippen LogP contribution in [0, 0.1) is 5.82 Å². The number of ether oxygens (including phenoxy) is 2. The summed E-state index contributed by atoms with van der Waals surface area (Å²) in [6.45, 7) is 7.18. The highest BCUT2D eigenvalue weighted by Crippen LogP contribution is 2.26. The lowest BCUT2D eigenvalue weighted by molar-refractivity contribution is -0.119. The second-order valence-electron chi connectivity index (χ2n) is 7.31. The molecule has 0 radical (unpaired) electrons. The molecule has 0 aliphatic carbocycles. The van der Waals surface area contributed by atoms with E-state index >= 15 is 0 Å². The topological polar surface area (TPSA) is 91.4 Å². The summed E-state index contributed by atoms with van der Waals surface area (Å²) in [7, 11) is 0. The van der Waals surface area contributed by atoms with Crippen molar-refractivity contribution < 1.29 is 18.7 Å². The van der Waals surface area contributed by atoms with Crippen LogP contribution >= 0.6 is 0 Å². The number of carbonyl (C=O) groups excluding carboxylic acids is 1. The molecule has 0 unspecified atom stereocenters. The molecule has 0 saturated carbocycles. The number of nitrogens with one attached hydrogen (secondary N) is 1. The van der Waals surface area contributed by atoms with Crippen LogP contribution in [0.15, 0.2) is 42.5 Å². The second-order valence-corrected chi connectivity index (χ2v) is 7.31. The molecule has 3 N–H and O–H groups in total. The van der Waals surface area contributed by atoms with Gasteiger partial charge >= 0.3 is 0 Å². The van der Waals surface area contributed by atoms with E-state index in [9.17, 15) is 9.18 Å². The summed E-state index contributed by atoms with van der Waals surface area (Å²) in [5, 5.41) is 3.09. The van der Waals surface area contributed by atoms with E-state index in [2.05, 4.69) is 10.3 Å². The van der Waals surface area contributed by atoms with Crippen molar-refractivity contribution in [2.75, 3.05) is 6.61 Å². The normalized spacial score (nSPS) is 12.4. The lowest BCUT2D eigenvalue weighted by Crippen LogP contribution is -2.38. The number of hydrogen-bond acceptors (Lipinski definition) is 5. The van der Waals surface area contributed by atoms with Gasteiger partial charge in [-0.2, -0.15) is 0 Å². The molecule has 1 amide bonds. The highest BCUT2D eigenvalue weighted by atomic mass is 19.1. The Morgan fingerprint density at radius 2 is 1.87 bits per heavy atom. The zero-order chi connectivity index (χ0) is 21.7. The molecule has 0 fully saturated rings. The number of benzene rings is 2. The molecule has 0 saturated heterocycles. The van der Waals surface area contributed by atoms with Crippen LogP contribution in [0.4, 0.5) is 4.39 Å². The average Bonchev–Trinajstić information content (AvgIpc) is 3.04. The zero-order valence-electron chi connectivity index (χ0n) is 17.4. The zero-order valence-corrected chi connectivity index (χ0v) is 17.4. The SMILES string of the molecule is CC(C)OCCn1c(CN[C@@H](C)C(N)=O)nc2ccc(Oc3ccc(F)cc3)cc21. The first-order valence-corrected chi connectivity index (χ1v) is 9.90. The van der Waals surface area contributed by atoms with Crippen LogP contribution in [0.5, 0.6) is 11.5 Å². The number of fused-ring (bicyclic) bond motifs is 1. The van der Waals surface area contributed by atoms with Gasteiger partial charge in [0.2, 0.25) is 5.91 Å². The van der Waals surface area contributed by atoms with Crippen LogP contribution in [-0.4, -0.2) is 34.2 Å². The van der Waals surface area contributed by atoms with Crippen molar-refractivity contribution in [1.82, 2.24) is 14.9 Å². The Labute approximate surface area is 175 Å². The molecule has 0 bridgehead atoms. The van der Waals surface area contributed by atoms with Crippen LogP contribution in [0.1, 0.15) is 26.6 Å². The van der Waals surface area contributed by atoms with Gasteiger partial charge in [-0.15, -0.1) is 0 Å². The molecule has 2 aromatic carbocycles. The van der Waals surface area contributed by atoms with Gasteiger partial charge in [0.05, 0.1) is 36.3 Å². The average molecular weight is 414 g/mol. The predicted molar refractivity (Wildman–Crippen MR) is 113 cm³/mol. The molecule has 3 rings (SSSR count). The van der Waals surface area contributed by atoms with Gasteiger partial charge in [0.15, 0.2) is 0 Å². The highest BCUT2D eigenvalue weighted by Gasteiger charge is 2.15. The van der Waals surface area contributed by atoms with E-state index in [0.29, 0.717) is 31.2 Å². The van der Waals surface area contributed by atoms with Crippen molar-refractivity contribution in [3.05, 3.63) is 54.1 Å². The molecule has 0 aliphatic rings. The maximum atomic E-state index is 13.1. The van der Waals surface area contributed by atoms with Crippen molar-refractivity contribution >= 4 is 16.9 Å². The van der Waals surface area contributed by atoms with E-state index in [1.807, 2.05) is 36.6 Å². The van der Waals surface area contributed by atoms with Crippen molar-refractivity contribution in [1.29, 1.82) is 0 Å². The maximum Gasteiger partial charge on any atom is 0.234 e. The third-order valence-corrected chi connectivity index (χ3v) is 4.61. The Morgan fingerprint density at radius 1 is 1.17 bits per heavy atom. The summed E-state index contributed by atoms with van der Waals surface area (Å²) in [5.74, 6) is 1.19. The Balaban J connectivity index is 1.88. The van der Waals surface area contributed by atoms with E-state index in [1.165, 1.54) is 12.1 Å². The molecule has 0 spiro atoms. The summed E-state index contributed by atoms with van der Waals surface area (Å²) in [4.78, 5) is 16.0. The standard InChI is InChI=1S/C22H27FN4O3/c1-14(2)29-11-10-27-20-12-18(30-17-6-4-16(23)5-7-17)8-9-19(20)26-21(27)13-25-15(3)22(24)28/h4-9,12,14-15,25H,10-11,13H2,1-3H3,(H2,24,28)/t15-/m0/s1. The fraction of sp³-hybridized carbons (Fsp3) is 0.364. The van der Waals surface area contributed by atoms with E-state index < -0.39 is 11.9 Å². The van der Waals surface area contributed by atoms with Gasteiger partial charge < -0.3 is 19.8 Å². The summed E-state index contributed by atoms with van der Waals surface area (Å²) in [5.41, 5.74) is 7.02. The molecule has 3 aromatic rings. The van der Waals surface area contributed by atoms with Crippen molar-refractivity contribution in [2.24, 2.45) is 5.73 Å². The van der Waals surface area contributed by atoms with Crippen LogP contribution in [0.3, 0.4) is 0 Å². The molecule has 1 aromatic heterocycles. The molecule has 1 heterocycles. The minimum absolute atomic E-state index is 0.119. The third-order valence-electron chi connectivity index (χ3n) is 4.61. The van der Waals surface area contributed by atoms with Gasteiger partial charge in [-0.25, -0.2) is 9.37 Å². The molecule has 8 heteroatoms. The molecule has 7 nitrogen and oxygen atoms in total. The molecule has 1 atom stereocenters. The van der Waals surface area contributed by atoms with Gasteiger partial charge in [-0.05, 0) is 57.2 Å². The smallest absolute Gasteiger partial charge is 0.234 e. The van der Waals surface area contributed by atoms with E-state index in [-0.39, 0.29) is 11.9 Å². The number of primary amides is 1. The number of halogens is 1. The fourth-order valence-corrected chi connectivity index (χ4v) is 2.96. The maximum absolute atomic E-state index is 13.1. The van der Waals surface area contributed by atoms with E-state index in [1.54, 1.807) is 19.1 Å². The lowest BCUT2D eigenvalue weighted by Gasteiger charge is -2.14. The summed E-state index contributed by atoms with van der Waals surface area (Å²) >= 11 is 0. The van der Waals surface area contributed by atoms with Crippen LogP contribution in [-0.2, 0) is 22.6 Å². The number of hydrogen-bond donors (Lipinski definition) is 2. The van der Waals surface area contributed by atoms with Crippen molar-refractivity contribution in [3.8, 4) is 11.5 Å². The third kappa shape index (κ3) is 5.55. The quantitative estimate of drug-likeness (QED) is 0.531. The Bertz CT molecular complexity index is 1000. The summed E-state index contributed by atoms with van der Waals surface area (Å²) < 4.78 is 26.7. The van der Waals surface area contributed by atoms with Crippen molar-refractivity contribution in [2.45, 2.75) is 46.0 Å². The van der Waals surface area contributed by atoms with Gasteiger partial charge in [0, 0.05) is 12.6 Å². The monoisotopic (exact) mass is 414 g/mol. The van der Waals surface area contributed by atoms with Crippen LogP contribution < -0.4 is 15.8 Å². The second kappa shape index (κ2) is 9.69. The van der Waals surface area contributed by atoms with Crippen LogP contribution in [0.25, 0.3) is 11.0 Å². The van der Waals surface area contributed by atoms with Gasteiger partial charge in [-0.3, -0.25) is 10.1 Å². The predicted octanol–water partition coefficient (Wildman–Crippen LogP) is 3.36. The minimum atomic E-state index is -0.470. The number of carbonyl (C=O) groups is 1. The Morgan fingerprint density at radius 3 is 2.53 bits per heavy atom. The summed E-state index contributed by atoms with van der Waals surface area (Å²) in [6, 6.07) is 11.0. The Hall–Kier alpha value is -2.97. The largest absolute Gasteiger partial charge is 0.457 e. The molecule has 30 heavy (non-hydrogen) atoms. The number of nitrogens with two attached hydrogens (primary N) is 1. The minimum Gasteiger partial charge on any atom is -0.457 e. The first-order chi connectivity index (χ1) is 14.3.